The minimum atomic E-state index is -1.10. The quantitative estimate of drug-likeness (QED) is 0.380. The van der Waals surface area contributed by atoms with Crippen LogP contribution in [-0.4, -0.2) is 38.1 Å². The summed E-state index contributed by atoms with van der Waals surface area (Å²) in [6.07, 6.45) is 4.20. The molecule has 0 radical (unpaired) electrons. The van der Waals surface area contributed by atoms with Crippen molar-refractivity contribution in [2.45, 2.75) is 32.2 Å². The summed E-state index contributed by atoms with van der Waals surface area (Å²) in [6, 6.07) is 7.55. The van der Waals surface area contributed by atoms with Crippen molar-refractivity contribution in [3.05, 3.63) is 52.8 Å². The molecular weight excluding hydrogens is 394 g/mol. The van der Waals surface area contributed by atoms with E-state index in [2.05, 4.69) is 15.3 Å². The summed E-state index contributed by atoms with van der Waals surface area (Å²) in [5, 5.41) is 12.2. The van der Waals surface area contributed by atoms with Gasteiger partial charge in [0.05, 0.1) is 11.1 Å². The fraction of sp³-hybridized carbons (Fsp3) is 0.300. The van der Waals surface area contributed by atoms with E-state index in [4.69, 9.17) is 22.4 Å². The number of carbonyl (C=O) groups excluding carboxylic acids is 1. The van der Waals surface area contributed by atoms with Crippen molar-refractivity contribution in [2.75, 3.05) is 11.9 Å². The molecule has 0 saturated heterocycles. The number of aromatic nitrogens is 3. The third-order valence-electron chi connectivity index (χ3n) is 4.67. The van der Waals surface area contributed by atoms with Gasteiger partial charge in [-0.2, -0.15) is 0 Å². The second-order valence-corrected chi connectivity index (χ2v) is 7.11. The van der Waals surface area contributed by atoms with Crippen molar-refractivity contribution >= 4 is 40.5 Å². The summed E-state index contributed by atoms with van der Waals surface area (Å²) in [7, 11) is 0. The van der Waals surface area contributed by atoms with Crippen LogP contribution in [0.2, 0.25) is 5.15 Å². The van der Waals surface area contributed by atoms with E-state index in [9.17, 15) is 9.59 Å². The van der Waals surface area contributed by atoms with E-state index >= 15 is 0 Å². The molecule has 0 aliphatic carbocycles. The topological polar surface area (TPSA) is 123 Å². The van der Waals surface area contributed by atoms with Gasteiger partial charge in [0.15, 0.2) is 5.15 Å². The van der Waals surface area contributed by atoms with Gasteiger partial charge in [0.2, 0.25) is 5.95 Å². The molecule has 0 saturated carbocycles. The minimum Gasteiger partial charge on any atom is -0.478 e. The van der Waals surface area contributed by atoms with Gasteiger partial charge in [0, 0.05) is 17.8 Å². The second-order valence-electron chi connectivity index (χ2n) is 6.75. The molecule has 3 rings (SSSR count). The Morgan fingerprint density at radius 3 is 2.76 bits per heavy atom. The van der Waals surface area contributed by atoms with Crippen LogP contribution < -0.4 is 11.1 Å². The van der Waals surface area contributed by atoms with E-state index in [1.165, 1.54) is 18.2 Å². The molecule has 1 amide bonds. The zero-order valence-corrected chi connectivity index (χ0v) is 16.7. The number of benzene rings is 1. The lowest BCUT2D eigenvalue weighted by Gasteiger charge is -2.18. The van der Waals surface area contributed by atoms with Gasteiger partial charge >= 0.3 is 5.97 Å². The molecular formula is C20H22ClN5O3. The highest BCUT2D eigenvalue weighted by atomic mass is 35.5. The number of pyridine rings is 1. The molecule has 0 bridgehead atoms. The van der Waals surface area contributed by atoms with Crippen LogP contribution in [0.5, 0.6) is 0 Å². The molecule has 9 heteroatoms. The highest BCUT2D eigenvalue weighted by Crippen LogP contribution is 2.31. The molecule has 2 aromatic heterocycles. The minimum absolute atomic E-state index is 0.00564. The molecule has 0 unspecified atom stereocenters. The normalized spacial score (nSPS) is 12.1. The lowest BCUT2D eigenvalue weighted by Crippen LogP contribution is -2.18. The Bertz CT molecular complexity index is 1050. The number of hydrogen-bond donors (Lipinski definition) is 3. The summed E-state index contributed by atoms with van der Waals surface area (Å²) in [6.45, 7) is 2.63. The number of imidazole rings is 1. The molecule has 1 atom stereocenters. The SMILES string of the molecule is C[C@@H](CCCCN)n1c(NC(=O)c2cccc(C(=O)O)c2)nc2ccnc(Cl)c21. The lowest BCUT2D eigenvalue weighted by atomic mass is 10.1. The average molecular weight is 416 g/mol. The number of carbonyl (C=O) groups is 2. The predicted octanol–water partition coefficient (Wildman–Crippen LogP) is 3.73. The number of nitrogens with zero attached hydrogens (tertiary/aromatic N) is 3. The standard InChI is InChI=1S/C20H22ClN5O3/c1-12(5-2-3-9-22)26-16-15(8-10-23-17(16)21)24-20(26)25-18(27)13-6-4-7-14(11-13)19(28)29/h4,6-8,10-12H,2-3,5,9,22H2,1H3,(H,28,29)(H,24,25,27)/t12-/m0/s1. The first-order chi connectivity index (χ1) is 13.9. The monoisotopic (exact) mass is 415 g/mol. The zero-order valence-electron chi connectivity index (χ0n) is 15.9. The Morgan fingerprint density at radius 2 is 2.03 bits per heavy atom. The number of rotatable bonds is 8. The molecule has 4 N–H and O–H groups in total. The fourth-order valence-corrected chi connectivity index (χ4v) is 3.45. The second kappa shape index (κ2) is 9.02. The van der Waals surface area contributed by atoms with Crippen molar-refractivity contribution in [1.82, 2.24) is 14.5 Å². The number of amides is 1. The van der Waals surface area contributed by atoms with E-state index in [0.29, 0.717) is 28.7 Å². The molecule has 0 aliphatic heterocycles. The Hall–Kier alpha value is -2.97. The third-order valence-corrected chi connectivity index (χ3v) is 4.94. The average Bonchev–Trinajstić information content (AvgIpc) is 3.07. The molecule has 1 aromatic carbocycles. The van der Waals surface area contributed by atoms with Crippen molar-refractivity contribution in [3.8, 4) is 0 Å². The maximum absolute atomic E-state index is 12.8. The number of hydrogen-bond acceptors (Lipinski definition) is 5. The fourth-order valence-electron chi connectivity index (χ4n) is 3.20. The predicted molar refractivity (Wildman–Crippen MR) is 112 cm³/mol. The number of unbranched alkanes of at least 4 members (excludes halogenated alkanes) is 1. The number of nitrogens with one attached hydrogen (secondary N) is 1. The van der Waals surface area contributed by atoms with Gasteiger partial charge in [0.1, 0.15) is 5.52 Å². The number of carboxylic acid groups (broad SMARTS) is 1. The highest BCUT2D eigenvalue weighted by molar-refractivity contribution is 6.33. The Morgan fingerprint density at radius 1 is 1.28 bits per heavy atom. The number of fused-ring (bicyclic) bond motifs is 1. The molecule has 0 fully saturated rings. The first-order valence-electron chi connectivity index (χ1n) is 9.29. The van der Waals surface area contributed by atoms with Gasteiger partial charge in [-0.1, -0.05) is 24.1 Å². The van der Waals surface area contributed by atoms with Crippen LogP contribution in [0, 0.1) is 0 Å². The van der Waals surface area contributed by atoms with Crippen LogP contribution in [0.15, 0.2) is 36.5 Å². The van der Waals surface area contributed by atoms with E-state index in [0.717, 1.165) is 19.3 Å². The molecule has 0 spiro atoms. The summed E-state index contributed by atoms with van der Waals surface area (Å²) >= 11 is 6.32. The van der Waals surface area contributed by atoms with Crippen molar-refractivity contribution in [2.24, 2.45) is 5.73 Å². The van der Waals surface area contributed by atoms with Gasteiger partial charge in [-0.05, 0) is 50.6 Å². The van der Waals surface area contributed by atoms with Crippen LogP contribution in [0.4, 0.5) is 5.95 Å². The Labute approximate surface area is 172 Å². The van der Waals surface area contributed by atoms with Crippen LogP contribution in [0.3, 0.4) is 0 Å². The third kappa shape index (κ3) is 4.55. The first kappa shape index (κ1) is 20.8. The number of halogens is 1. The molecule has 8 nitrogen and oxygen atoms in total. The Kier molecular flexibility index (Phi) is 6.46. The van der Waals surface area contributed by atoms with Crippen molar-refractivity contribution in [3.63, 3.8) is 0 Å². The van der Waals surface area contributed by atoms with E-state index in [1.807, 2.05) is 11.5 Å². The van der Waals surface area contributed by atoms with Crippen molar-refractivity contribution in [1.29, 1.82) is 0 Å². The van der Waals surface area contributed by atoms with Gasteiger partial charge in [-0.15, -0.1) is 0 Å². The molecule has 2 heterocycles. The number of nitrogens with two attached hydrogens (primary N) is 1. The molecule has 0 aliphatic rings. The number of carboxylic acids is 1. The smallest absolute Gasteiger partial charge is 0.335 e. The summed E-state index contributed by atoms with van der Waals surface area (Å²) in [4.78, 5) is 32.6. The van der Waals surface area contributed by atoms with Crippen LogP contribution in [0.25, 0.3) is 11.0 Å². The maximum Gasteiger partial charge on any atom is 0.335 e. The largest absolute Gasteiger partial charge is 0.478 e. The van der Waals surface area contributed by atoms with E-state index < -0.39 is 11.9 Å². The van der Waals surface area contributed by atoms with Crippen LogP contribution >= 0.6 is 11.6 Å². The molecule has 152 valence electrons. The van der Waals surface area contributed by atoms with Crippen LogP contribution in [0.1, 0.15) is 52.9 Å². The summed E-state index contributed by atoms with van der Waals surface area (Å²) < 4.78 is 1.86. The zero-order chi connectivity index (χ0) is 21.0. The van der Waals surface area contributed by atoms with Crippen LogP contribution in [-0.2, 0) is 0 Å². The molecule has 29 heavy (non-hydrogen) atoms. The number of aromatic carboxylic acids is 1. The van der Waals surface area contributed by atoms with Gasteiger partial charge < -0.3 is 15.4 Å². The summed E-state index contributed by atoms with van der Waals surface area (Å²) in [5.74, 6) is -1.22. The van der Waals surface area contributed by atoms with Gasteiger partial charge in [0.25, 0.3) is 5.91 Å². The van der Waals surface area contributed by atoms with Crippen molar-refractivity contribution < 1.29 is 14.7 Å². The maximum atomic E-state index is 12.8. The van der Waals surface area contributed by atoms with E-state index in [-0.39, 0.29) is 17.2 Å². The van der Waals surface area contributed by atoms with Gasteiger partial charge in [-0.3, -0.25) is 10.1 Å². The summed E-state index contributed by atoms with van der Waals surface area (Å²) in [5.41, 5.74) is 7.11. The first-order valence-corrected chi connectivity index (χ1v) is 9.67. The number of anilines is 1. The lowest BCUT2D eigenvalue weighted by molar-refractivity contribution is 0.0697. The van der Waals surface area contributed by atoms with E-state index in [1.54, 1.807) is 18.3 Å². The highest BCUT2D eigenvalue weighted by Gasteiger charge is 2.21. The van der Waals surface area contributed by atoms with Gasteiger partial charge in [-0.25, -0.2) is 14.8 Å². The Balaban J connectivity index is 1.97. The molecule has 3 aromatic rings.